The summed E-state index contributed by atoms with van der Waals surface area (Å²) in [5, 5.41) is 14.0. The van der Waals surface area contributed by atoms with Crippen molar-refractivity contribution in [2.75, 3.05) is 44.2 Å². The molecule has 2 saturated heterocycles. The fraction of sp³-hybridized carbons (Fsp3) is 0.500. The molecular weight excluding hydrogens is 382 g/mol. The molecule has 0 saturated carbocycles. The summed E-state index contributed by atoms with van der Waals surface area (Å²) >= 11 is 0. The van der Waals surface area contributed by atoms with Gasteiger partial charge in [-0.25, -0.2) is 4.79 Å². The number of aromatic nitrogens is 2. The minimum absolute atomic E-state index is 0.147. The molecular formula is C22H29N5O3. The lowest BCUT2D eigenvalue weighted by Gasteiger charge is -2.35. The van der Waals surface area contributed by atoms with Gasteiger partial charge in [-0.3, -0.25) is 9.69 Å². The van der Waals surface area contributed by atoms with E-state index in [4.69, 9.17) is 0 Å². The first-order valence-corrected chi connectivity index (χ1v) is 10.5. The first-order chi connectivity index (χ1) is 14.4. The number of β-amino-alcohol motifs (C(OH)–C–C–N with tert-alkyl or cyclic N) is 1. The van der Waals surface area contributed by atoms with Crippen LogP contribution in [0.3, 0.4) is 0 Å². The van der Waals surface area contributed by atoms with Gasteiger partial charge >= 0.3 is 6.03 Å². The van der Waals surface area contributed by atoms with Crippen LogP contribution in [-0.2, 0) is 6.54 Å². The van der Waals surface area contributed by atoms with E-state index in [9.17, 15) is 14.7 Å². The van der Waals surface area contributed by atoms with Crippen molar-refractivity contribution in [1.82, 2.24) is 19.6 Å². The first kappa shape index (κ1) is 20.6. The van der Waals surface area contributed by atoms with Crippen LogP contribution in [0, 0.1) is 6.92 Å². The predicted octanol–water partition coefficient (Wildman–Crippen LogP) is 1.75. The highest BCUT2D eigenvalue weighted by Crippen LogP contribution is 2.27. The van der Waals surface area contributed by atoms with E-state index in [1.54, 1.807) is 17.2 Å². The molecule has 1 atom stereocenters. The maximum atomic E-state index is 12.7. The lowest BCUT2D eigenvalue weighted by Crippen LogP contribution is -2.49. The second kappa shape index (κ2) is 8.57. The summed E-state index contributed by atoms with van der Waals surface area (Å²) < 4.78 is 1.25. The Labute approximate surface area is 176 Å². The molecule has 3 heterocycles. The first-order valence-electron chi connectivity index (χ1n) is 10.5. The molecule has 8 heteroatoms. The van der Waals surface area contributed by atoms with Crippen molar-refractivity contribution in [2.45, 2.75) is 32.9 Å². The third-order valence-electron chi connectivity index (χ3n) is 5.93. The van der Waals surface area contributed by atoms with Gasteiger partial charge in [-0.05, 0) is 36.6 Å². The molecule has 1 amide bonds. The highest BCUT2D eigenvalue weighted by Gasteiger charge is 2.26. The zero-order chi connectivity index (χ0) is 21.3. The van der Waals surface area contributed by atoms with Crippen LogP contribution in [0.2, 0.25) is 0 Å². The Morgan fingerprint density at radius 3 is 2.53 bits per heavy atom. The van der Waals surface area contributed by atoms with Gasteiger partial charge in [0.25, 0.3) is 0 Å². The Balaban J connectivity index is 1.38. The number of rotatable bonds is 4. The van der Waals surface area contributed by atoms with E-state index < -0.39 is 0 Å². The van der Waals surface area contributed by atoms with Gasteiger partial charge in [-0.15, -0.1) is 0 Å². The Hall–Kier alpha value is -2.71. The number of anilines is 1. The number of carbonyl (C=O) groups excluding carboxylic acids is 2. The number of aliphatic hydroxyl groups excluding tert-OH is 1. The Kier molecular flexibility index (Phi) is 5.87. The molecule has 1 aromatic carbocycles. The molecule has 0 unspecified atom stereocenters. The average Bonchev–Trinajstić information content (AvgIpc) is 3.39. The molecule has 0 aliphatic carbocycles. The van der Waals surface area contributed by atoms with E-state index in [1.807, 2.05) is 0 Å². The fourth-order valence-corrected chi connectivity index (χ4v) is 4.16. The summed E-state index contributed by atoms with van der Waals surface area (Å²) in [5.74, 6) is -0.147. The number of carbonyl (C=O) groups is 2. The van der Waals surface area contributed by atoms with Crippen molar-refractivity contribution in [3.63, 3.8) is 0 Å². The van der Waals surface area contributed by atoms with Crippen molar-refractivity contribution in [3.05, 3.63) is 47.3 Å². The predicted molar refractivity (Wildman–Crippen MR) is 114 cm³/mol. The third kappa shape index (κ3) is 4.39. The van der Waals surface area contributed by atoms with Gasteiger partial charge in [-0.1, -0.05) is 12.1 Å². The number of Topliss-reactive ketones (excluding diaryl/α,β-unsaturated/α-hetero) is 1. The number of benzene rings is 1. The third-order valence-corrected chi connectivity index (χ3v) is 5.93. The normalized spacial score (nSPS) is 20.0. The summed E-state index contributed by atoms with van der Waals surface area (Å²) in [6.07, 6.45) is 2.11. The van der Waals surface area contributed by atoms with Gasteiger partial charge in [0, 0.05) is 64.6 Å². The lowest BCUT2D eigenvalue weighted by atomic mass is 10.1. The summed E-state index contributed by atoms with van der Waals surface area (Å²) in [6, 6.07) is 7.90. The number of ketones is 1. The maximum Gasteiger partial charge on any atom is 0.344 e. The standard InChI is InChI=1S/C22H29N5O3/c1-16-3-4-18(21(13-16)26-7-5-19(29)15-26)14-24-9-11-25(12-10-24)22(30)27-8-6-20(23-27)17(2)28/h3-4,6,8,13,19,29H,5,7,9-12,14-15H2,1-2H3/t19-/m1/s1. The van der Waals surface area contributed by atoms with Crippen LogP contribution in [0.5, 0.6) is 0 Å². The number of hydrogen-bond donors (Lipinski definition) is 1. The Morgan fingerprint density at radius 2 is 1.90 bits per heavy atom. The topological polar surface area (TPSA) is 81.9 Å². The molecule has 0 spiro atoms. The number of hydrogen-bond acceptors (Lipinski definition) is 6. The number of nitrogens with zero attached hydrogens (tertiary/aromatic N) is 5. The Bertz CT molecular complexity index is 933. The van der Waals surface area contributed by atoms with Gasteiger partial charge in [0.05, 0.1) is 6.10 Å². The zero-order valence-electron chi connectivity index (χ0n) is 17.6. The van der Waals surface area contributed by atoms with Crippen molar-refractivity contribution in [3.8, 4) is 0 Å². The molecule has 1 N–H and O–H groups in total. The number of aryl methyl sites for hydroxylation is 1. The minimum Gasteiger partial charge on any atom is -0.391 e. The second-order valence-corrected chi connectivity index (χ2v) is 8.27. The smallest absolute Gasteiger partial charge is 0.344 e. The molecule has 2 fully saturated rings. The van der Waals surface area contributed by atoms with Crippen LogP contribution in [-0.4, -0.2) is 81.9 Å². The largest absolute Gasteiger partial charge is 0.391 e. The molecule has 0 bridgehead atoms. The van der Waals surface area contributed by atoms with Crippen LogP contribution in [0.1, 0.15) is 35.0 Å². The number of aliphatic hydroxyl groups is 1. The summed E-state index contributed by atoms with van der Waals surface area (Å²) in [6.45, 7) is 8.73. The molecule has 4 rings (SSSR count). The highest BCUT2D eigenvalue weighted by atomic mass is 16.3. The van der Waals surface area contributed by atoms with Crippen molar-refractivity contribution < 1.29 is 14.7 Å². The van der Waals surface area contributed by atoms with E-state index in [2.05, 4.69) is 40.0 Å². The van der Waals surface area contributed by atoms with E-state index in [0.717, 1.165) is 32.6 Å². The van der Waals surface area contributed by atoms with Gasteiger partial charge < -0.3 is 14.9 Å². The number of amides is 1. The van der Waals surface area contributed by atoms with E-state index >= 15 is 0 Å². The highest BCUT2D eigenvalue weighted by molar-refractivity contribution is 5.92. The SMILES string of the molecule is CC(=O)c1ccn(C(=O)N2CCN(Cc3ccc(C)cc3N3CC[C@@H](O)C3)CC2)n1. The van der Waals surface area contributed by atoms with E-state index in [1.165, 1.54) is 28.4 Å². The Morgan fingerprint density at radius 1 is 1.13 bits per heavy atom. The summed E-state index contributed by atoms with van der Waals surface area (Å²) in [4.78, 5) is 30.5. The molecule has 30 heavy (non-hydrogen) atoms. The van der Waals surface area contributed by atoms with Crippen molar-refractivity contribution >= 4 is 17.5 Å². The summed E-state index contributed by atoms with van der Waals surface area (Å²) in [7, 11) is 0. The van der Waals surface area contributed by atoms with Gasteiger partial charge in [-0.2, -0.15) is 9.78 Å². The minimum atomic E-state index is -0.251. The molecule has 8 nitrogen and oxygen atoms in total. The monoisotopic (exact) mass is 411 g/mol. The molecule has 160 valence electrons. The van der Waals surface area contributed by atoms with Crippen LogP contribution >= 0.6 is 0 Å². The van der Waals surface area contributed by atoms with Crippen LogP contribution in [0.4, 0.5) is 10.5 Å². The van der Waals surface area contributed by atoms with Crippen molar-refractivity contribution in [2.24, 2.45) is 0 Å². The average molecular weight is 412 g/mol. The lowest BCUT2D eigenvalue weighted by molar-refractivity contribution is 0.101. The fourth-order valence-electron chi connectivity index (χ4n) is 4.16. The van der Waals surface area contributed by atoms with Gasteiger partial charge in [0.2, 0.25) is 0 Å². The molecule has 2 aliphatic heterocycles. The van der Waals surface area contributed by atoms with Crippen LogP contribution in [0.25, 0.3) is 0 Å². The van der Waals surface area contributed by atoms with Gasteiger partial charge in [0.1, 0.15) is 5.69 Å². The van der Waals surface area contributed by atoms with E-state index in [0.29, 0.717) is 25.3 Å². The quantitative estimate of drug-likeness (QED) is 0.772. The molecule has 2 aromatic rings. The number of piperazine rings is 1. The summed E-state index contributed by atoms with van der Waals surface area (Å²) in [5.41, 5.74) is 3.99. The van der Waals surface area contributed by atoms with E-state index in [-0.39, 0.29) is 17.9 Å². The zero-order valence-corrected chi connectivity index (χ0v) is 17.6. The van der Waals surface area contributed by atoms with Crippen molar-refractivity contribution in [1.29, 1.82) is 0 Å². The molecule has 2 aliphatic rings. The molecule has 0 radical (unpaired) electrons. The second-order valence-electron chi connectivity index (χ2n) is 8.27. The maximum absolute atomic E-state index is 12.7. The molecule has 1 aromatic heterocycles. The van der Waals surface area contributed by atoms with Crippen LogP contribution in [0.15, 0.2) is 30.5 Å². The van der Waals surface area contributed by atoms with Gasteiger partial charge in [0.15, 0.2) is 5.78 Å². The van der Waals surface area contributed by atoms with Crippen LogP contribution < -0.4 is 4.90 Å².